The summed E-state index contributed by atoms with van der Waals surface area (Å²) in [5.74, 6) is 1.40. The van der Waals surface area contributed by atoms with E-state index >= 15 is 0 Å². The Hall–Kier alpha value is -2.74. The number of quaternary nitrogens is 1. The first-order valence-corrected chi connectivity index (χ1v) is 8.59. The molecule has 0 aliphatic carbocycles. The van der Waals surface area contributed by atoms with Crippen LogP contribution in [0.25, 0.3) is 0 Å². The van der Waals surface area contributed by atoms with Crippen molar-refractivity contribution < 1.29 is 32.8 Å². The lowest BCUT2D eigenvalue weighted by atomic mass is 10.0. The largest absolute Gasteiger partial charge is 0.454 e. The third-order valence-corrected chi connectivity index (χ3v) is 4.50. The maximum absolute atomic E-state index is 12.8. The standard InChI is InChI=1S/C19H17F3N2O3/c20-19(21,22)14-3-1-2-12(6-14)9-23-10-15-8-16(24-27-15)13-4-5-17-18(7-13)26-11-25-17/h1-7,15,23H,8-11H2/p+1/t15-/m1/s1. The molecule has 2 aliphatic heterocycles. The molecule has 1 atom stereocenters. The van der Waals surface area contributed by atoms with Crippen LogP contribution in [0.1, 0.15) is 23.1 Å². The minimum absolute atomic E-state index is 0.115. The fourth-order valence-electron chi connectivity index (χ4n) is 3.11. The number of benzene rings is 2. The SMILES string of the molecule is FC(F)(F)c1cccc(C[NH2+]C[C@H]2CC(c3ccc4c(c3)OCO4)=NO2)c1. The van der Waals surface area contributed by atoms with Crippen molar-refractivity contribution in [2.75, 3.05) is 13.3 Å². The number of hydrogen-bond donors (Lipinski definition) is 1. The molecule has 2 aromatic carbocycles. The van der Waals surface area contributed by atoms with Gasteiger partial charge < -0.3 is 19.6 Å². The Labute approximate surface area is 153 Å². The van der Waals surface area contributed by atoms with Gasteiger partial charge in [0.05, 0.1) is 11.3 Å². The molecular weight excluding hydrogens is 361 g/mol. The van der Waals surface area contributed by atoms with Gasteiger partial charge in [0.2, 0.25) is 6.79 Å². The summed E-state index contributed by atoms with van der Waals surface area (Å²) in [4.78, 5) is 5.46. The second-order valence-corrected chi connectivity index (χ2v) is 6.46. The number of ether oxygens (including phenoxy) is 2. The Morgan fingerprint density at radius 2 is 1.93 bits per heavy atom. The van der Waals surface area contributed by atoms with Crippen LogP contribution in [0.15, 0.2) is 47.6 Å². The number of nitrogens with zero attached hydrogens (tertiary/aromatic N) is 1. The highest BCUT2D eigenvalue weighted by Crippen LogP contribution is 2.33. The molecule has 0 spiro atoms. The summed E-state index contributed by atoms with van der Waals surface area (Å²) in [6, 6.07) is 11.0. The molecule has 2 aromatic rings. The molecule has 27 heavy (non-hydrogen) atoms. The van der Waals surface area contributed by atoms with E-state index < -0.39 is 11.7 Å². The normalized spacial score (nSPS) is 18.3. The molecule has 0 amide bonds. The molecule has 2 N–H and O–H groups in total. The first kappa shape index (κ1) is 17.7. The summed E-state index contributed by atoms with van der Waals surface area (Å²) in [7, 11) is 0. The molecule has 0 aromatic heterocycles. The lowest BCUT2D eigenvalue weighted by Gasteiger charge is -2.10. The number of fused-ring (bicyclic) bond motifs is 1. The highest BCUT2D eigenvalue weighted by molar-refractivity contribution is 6.01. The smallest absolute Gasteiger partial charge is 0.416 e. The molecule has 5 nitrogen and oxygen atoms in total. The Bertz CT molecular complexity index is 868. The van der Waals surface area contributed by atoms with Gasteiger partial charge in [0.25, 0.3) is 0 Å². The molecule has 0 saturated heterocycles. The maximum Gasteiger partial charge on any atom is 0.416 e. The number of nitrogens with two attached hydrogens (primary N) is 1. The van der Waals surface area contributed by atoms with E-state index in [1.54, 1.807) is 6.07 Å². The van der Waals surface area contributed by atoms with Crippen LogP contribution in [-0.2, 0) is 17.6 Å². The second-order valence-electron chi connectivity index (χ2n) is 6.46. The van der Waals surface area contributed by atoms with Crippen LogP contribution >= 0.6 is 0 Å². The van der Waals surface area contributed by atoms with Crippen molar-refractivity contribution in [2.24, 2.45) is 5.16 Å². The van der Waals surface area contributed by atoms with Gasteiger partial charge in [-0.25, -0.2) is 0 Å². The van der Waals surface area contributed by atoms with E-state index in [-0.39, 0.29) is 12.9 Å². The fourth-order valence-corrected chi connectivity index (χ4v) is 3.11. The van der Waals surface area contributed by atoms with Crippen LogP contribution < -0.4 is 14.8 Å². The molecule has 0 radical (unpaired) electrons. The number of alkyl halides is 3. The zero-order valence-electron chi connectivity index (χ0n) is 14.3. The molecule has 0 saturated carbocycles. The Morgan fingerprint density at radius 1 is 1.07 bits per heavy atom. The molecule has 142 valence electrons. The van der Waals surface area contributed by atoms with Crippen molar-refractivity contribution in [3.8, 4) is 11.5 Å². The van der Waals surface area contributed by atoms with Gasteiger partial charge in [0.1, 0.15) is 13.1 Å². The van der Waals surface area contributed by atoms with E-state index in [0.29, 0.717) is 36.6 Å². The molecule has 2 aliphatic rings. The first-order chi connectivity index (χ1) is 13.0. The number of halogens is 3. The summed E-state index contributed by atoms with van der Waals surface area (Å²) < 4.78 is 48.9. The van der Waals surface area contributed by atoms with Gasteiger partial charge in [-0.15, -0.1) is 0 Å². The lowest BCUT2D eigenvalue weighted by Crippen LogP contribution is -2.84. The van der Waals surface area contributed by atoms with Gasteiger partial charge in [-0.05, 0) is 30.3 Å². The van der Waals surface area contributed by atoms with Crippen molar-refractivity contribution in [1.29, 1.82) is 0 Å². The lowest BCUT2D eigenvalue weighted by molar-refractivity contribution is -0.676. The van der Waals surface area contributed by atoms with E-state index in [1.165, 1.54) is 12.1 Å². The Morgan fingerprint density at radius 3 is 2.78 bits per heavy atom. The topological polar surface area (TPSA) is 56.7 Å². The van der Waals surface area contributed by atoms with Crippen molar-refractivity contribution in [1.82, 2.24) is 0 Å². The number of hydrogen-bond acceptors (Lipinski definition) is 4. The molecule has 0 fully saturated rings. The minimum Gasteiger partial charge on any atom is -0.454 e. The van der Waals surface area contributed by atoms with E-state index in [1.807, 2.05) is 23.5 Å². The first-order valence-electron chi connectivity index (χ1n) is 8.59. The Kier molecular flexibility index (Phi) is 4.65. The summed E-state index contributed by atoms with van der Waals surface area (Å²) in [5.41, 5.74) is 1.74. The average molecular weight is 379 g/mol. The fraction of sp³-hybridized carbons (Fsp3) is 0.316. The van der Waals surface area contributed by atoms with Gasteiger partial charge in [0.15, 0.2) is 17.6 Å². The zero-order valence-corrected chi connectivity index (χ0v) is 14.3. The van der Waals surface area contributed by atoms with Crippen LogP contribution in [0.5, 0.6) is 11.5 Å². The molecule has 4 rings (SSSR count). The van der Waals surface area contributed by atoms with Gasteiger partial charge in [-0.3, -0.25) is 0 Å². The summed E-state index contributed by atoms with van der Waals surface area (Å²) in [6.07, 6.45) is -3.80. The van der Waals surface area contributed by atoms with Crippen LogP contribution in [0, 0.1) is 0 Å². The van der Waals surface area contributed by atoms with Crippen molar-refractivity contribution in [3.63, 3.8) is 0 Å². The van der Waals surface area contributed by atoms with E-state index in [4.69, 9.17) is 14.3 Å². The molecule has 2 heterocycles. The van der Waals surface area contributed by atoms with Gasteiger partial charge in [0, 0.05) is 17.5 Å². The monoisotopic (exact) mass is 379 g/mol. The van der Waals surface area contributed by atoms with Crippen LogP contribution in [0.3, 0.4) is 0 Å². The highest BCUT2D eigenvalue weighted by atomic mass is 19.4. The van der Waals surface area contributed by atoms with E-state index in [2.05, 4.69) is 5.16 Å². The van der Waals surface area contributed by atoms with Crippen LogP contribution in [-0.4, -0.2) is 25.2 Å². The third-order valence-electron chi connectivity index (χ3n) is 4.50. The molecule has 0 bridgehead atoms. The molecule has 0 unspecified atom stereocenters. The molecular formula is C19H18F3N2O3+. The predicted octanol–water partition coefficient (Wildman–Crippen LogP) is 2.69. The highest BCUT2D eigenvalue weighted by Gasteiger charge is 2.30. The van der Waals surface area contributed by atoms with Gasteiger partial charge in [-0.2, -0.15) is 13.2 Å². The van der Waals surface area contributed by atoms with Crippen molar-refractivity contribution in [2.45, 2.75) is 25.2 Å². The summed E-state index contributed by atoms with van der Waals surface area (Å²) in [5, 5.41) is 6.07. The number of rotatable bonds is 5. The second kappa shape index (κ2) is 7.11. The van der Waals surface area contributed by atoms with Crippen LogP contribution in [0.4, 0.5) is 13.2 Å². The van der Waals surface area contributed by atoms with Gasteiger partial charge in [-0.1, -0.05) is 17.3 Å². The number of oxime groups is 1. The predicted molar refractivity (Wildman–Crippen MR) is 90.5 cm³/mol. The van der Waals surface area contributed by atoms with Crippen LogP contribution in [0.2, 0.25) is 0 Å². The van der Waals surface area contributed by atoms with E-state index in [9.17, 15) is 13.2 Å². The third kappa shape index (κ3) is 4.00. The van der Waals surface area contributed by atoms with Crippen molar-refractivity contribution >= 4 is 5.71 Å². The zero-order chi connectivity index (χ0) is 18.9. The average Bonchev–Trinajstić information content (AvgIpc) is 3.30. The molecule has 8 heteroatoms. The van der Waals surface area contributed by atoms with Crippen molar-refractivity contribution in [3.05, 3.63) is 59.2 Å². The Balaban J connectivity index is 1.29. The van der Waals surface area contributed by atoms with Gasteiger partial charge >= 0.3 is 6.18 Å². The minimum atomic E-state index is -4.32. The van der Waals surface area contributed by atoms with E-state index in [0.717, 1.165) is 17.3 Å². The quantitative estimate of drug-likeness (QED) is 0.869. The maximum atomic E-state index is 12.8. The summed E-state index contributed by atoms with van der Waals surface area (Å²) in [6.45, 7) is 1.27. The summed E-state index contributed by atoms with van der Waals surface area (Å²) >= 11 is 0.